The maximum Gasteiger partial charge on any atom is 0.472 e. The molecule has 0 aliphatic heterocycles. The molecular weight excluding hydrogens is 1350 g/mol. The highest BCUT2D eigenvalue weighted by Crippen LogP contribution is 2.45. The summed E-state index contributed by atoms with van der Waals surface area (Å²) in [5.74, 6) is -2.13. The Hall–Kier alpha value is -2.46. The minimum atomic E-state index is -4.97. The molecule has 0 aromatic heterocycles. The zero-order valence-corrected chi connectivity index (χ0v) is 69.3. The van der Waals surface area contributed by atoms with Gasteiger partial charge < -0.3 is 33.8 Å². The molecule has 0 aliphatic carbocycles. The van der Waals surface area contributed by atoms with Crippen molar-refractivity contribution in [3.05, 3.63) is 24.3 Å². The van der Waals surface area contributed by atoms with Crippen molar-refractivity contribution in [2.24, 2.45) is 0 Å². The normalized spacial score (nSPS) is 13.9. The largest absolute Gasteiger partial charge is 0.472 e. The number of unbranched alkanes of at least 4 members (excludes halogenated alkanes) is 54. The summed E-state index contributed by atoms with van der Waals surface area (Å²) in [6, 6.07) is 0. The lowest BCUT2D eigenvalue weighted by atomic mass is 10.0. The van der Waals surface area contributed by atoms with Crippen LogP contribution < -0.4 is 0 Å². The topological polar surface area (TPSA) is 237 Å². The minimum Gasteiger partial charge on any atom is -0.462 e. The van der Waals surface area contributed by atoms with Crippen LogP contribution in [0.1, 0.15) is 439 Å². The molecule has 0 bridgehead atoms. The molecule has 2 unspecified atom stereocenters. The van der Waals surface area contributed by atoms with Crippen LogP contribution >= 0.6 is 15.6 Å². The Labute approximate surface area is 637 Å². The molecule has 0 radical (unpaired) electrons. The fraction of sp³-hybridized carbons (Fsp3) is 0.906. The van der Waals surface area contributed by atoms with E-state index in [1.807, 2.05) is 0 Å². The second-order valence-electron chi connectivity index (χ2n) is 29.9. The fourth-order valence-corrected chi connectivity index (χ4v) is 14.4. The fourth-order valence-electron chi connectivity index (χ4n) is 12.8. The minimum absolute atomic E-state index is 0.0878. The van der Waals surface area contributed by atoms with Gasteiger partial charge in [-0.15, -0.1) is 0 Å². The van der Waals surface area contributed by atoms with Crippen LogP contribution in [0, 0.1) is 0 Å². The van der Waals surface area contributed by atoms with Crippen LogP contribution in [0.3, 0.4) is 0 Å². The van der Waals surface area contributed by atoms with E-state index in [-0.39, 0.29) is 25.7 Å². The molecule has 0 saturated heterocycles. The zero-order valence-electron chi connectivity index (χ0n) is 67.5. The summed E-state index contributed by atoms with van der Waals surface area (Å²) >= 11 is 0. The van der Waals surface area contributed by atoms with Crippen molar-refractivity contribution >= 4 is 39.5 Å². The third kappa shape index (κ3) is 77.7. The monoisotopic (exact) mass is 1520 g/mol. The number of rotatable bonds is 84. The highest BCUT2D eigenvalue weighted by Gasteiger charge is 2.30. The Kier molecular flexibility index (Phi) is 76.8. The lowest BCUT2D eigenvalue weighted by Crippen LogP contribution is -2.30. The van der Waals surface area contributed by atoms with E-state index in [9.17, 15) is 43.2 Å². The summed E-state index contributed by atoms with van der Waals surface area (Å²) in [7, 11) is -9.94. The van der Waals surface area contributed by atoms with Gasteiger partial charge in [0.25, 0.3) is 0 Å². The Morgan fingerprint density at radius 3 is 0.731 bits per heavy atom. The number of phosphoric acid groups is 2. The molecule has 0 heterocycles. The second-order valence-corrected chi connectivity index (χ2v) is 32.8. The summed E-state index contributed by atoms with van der Waals surface area (Å²) in [6.07, 6.45) is 75.6. The first-order valence-corrected chi connectivity index (χ1v) is 46.6. The van der Waals surface area contributed by atoms with E-state index >= 15 is 0 Å². The van der Waals surface area contributed by atoms with Gasteiger partial charge in [0.2, 0.25) is 0 Å². The third-order valence-corrected chi connectivity index (χ3v) is 21.4. The molecule has 0 amide bonds. The van der Waals surface area contributed by atoms with Crippen molar-refractivity contribution in [3.8, 4) is 0 Å². The number of aliphatic hydroxyl groups excluding tert-OH is 1. The predicted octanol–water partition coefficient (Wildman–Crippen LogP) is 25.7. The zero-order chi connectivity index (χ0) is 76.0. The summed E-state index contributed by atoms with van der Waals surface area (Å²) in [5.41, 5.74) is 0. The Morgan fingerprint density at radius 1 is 0.269 bits per heavy atom. The van der Waals surface area contributed by atoms with Gasteiger partial charge in [0.05, 0.1) is 26.4 Å². The van der Waals surface area contributed by atoms with Crippen LogP contribution in [-0.4, -0.2) is 96.7 Å². The average Bonchev–Trinajstić information content (AvgIpc) is 0.999. The van der Waals surface area contributed by atoms with Gasteiger partial charge in [-0.3, -0.25) is 37.3 Å². The molecule has 0 aliphatic rings. The van der Waals surface area contributed by atoms with Gasteiger partial charge >= 0.3 is 39.5 Å². The number of hydrogen-bond acceptors (Lipinski definition) is 15. The molecule has 0 aromatic rings. The van der Waals surface area contributed by atoms with Gasteiger partial charge in [0.15, 0.2) is 12.2 Å². The van der Waals surface area contributed by atoms with Crippen LogP contribution in [0.2, 0.25) is 0 Å². The van der Waals surface area contributed by atoms with E-state index in [0.29, 0.717) is 25.7 Å². The molecular formula is C85H162O17P2. The van der Waals surface area contributed by atoms with Crippen molar-refractivity contribution in [1.82, 2.24) is 0 Å². The van der Waals surface area contributed by atoms with Crippen LogP contribution in [0.5, 0.6) is 0 Å². The van der Waals surface area contributed by atoms with Gasteiger partial charge in [-0.05, 0) is 57.8 Å². The number of hydrogen-bond donors (Lipinski definition) is 3. The molecule has 5 atom stereocenters. The second kappa shape index (κ2) is 78.7. The number of aliphatic hydroxyl groups is 1. The van der Waals surface area contributed by atoms with E-state index in [1.54, 1.807) is 0 Å². The lowest BCUT2D eigenvalue weighted by Gasteiger charge is -2.21. The SMILES string of the molecule is CCCCC/C=C\C/C=C\CCCCCCCC(=O)O[C@H](COC(=O)CCCCCCCCCCCCCCCCC)COP(=O)(O)OC[C@H](O)COP(=O)(O)OC[C@@H](COC(=O)CCCCCCCCCCCCCCCCCCC)OC(=O)CCCCCCCCCCCCCCCCCCC. The molecule has 19 heteroatoms. The van der Waals surface area contributed by atoms with Gasteiger partial charge in [-0.1, -0.05) is 379 Å². The molecule has 0 spiro atoms. The van der Waals surface area contributed by atoms with Crippen molar-refractivity contribution in [2.45, 2.75) is 457 Å². The highest BCUT2D eigenvalue weighted by atomic mass is 31.2. The van der Waals surface area contributed by atoms with E-state index < -0.39 is 97.5 Å². The summed E-state index contributed by atoms with van der Waals surface area (Å²) in [6.45, 7) is 4.99. The summed E-state index contributed by atoms with van der Waals surface area (Å²) in [5, 5.41) is 10.7. The van der Waals surface area contributed by atoms with Crippen molar-refractivity contribution in [3.63, 3.8) is 0 Å². The molecule has 104 heavy (non-hydrogen) atoms. The molecule has 17 nitrogen and oxygen atoms in total. The molecule has 0 saturated carbocycles. The van der Waals surface area contributed by atoms with Crippen LogP contribution in [0.4, 0.5) is 0 Å². The molecule has 0 aromatic carbocycles. The van der Waals surface area contributed by atoms with E-state index in [2.05, 4.69) is 52.0 Å². The third-order valence-electron chi connectivity index (χ3n) is 19.4. The number of phosphoric ester groups is 2. The van der Waals surface area contributed by atoms with Crippen LogP contribution in [0.15, 0.2) is 24.3 Å². The van der Waals surface area contributed by atoms with Gasteiger partial charge in [0.1, 0.15) is 19.3 Å². The van der Waals surface area contributed by atoms with Gasteiger partial charge in [-0.25, -0.2) is 9.13 Å². The van der Waals surface area contributed by atoms with Gasteiger partial charge in [0, 0.05) is 25.7 Å². The van der Waals surface area contributed by atoms with Gasteiger partial charge in [-0.2, -0.15) is 0 Å². The predicted molar refractivity (Wildman–Crippen MR) is 428 cm³/mol. The smallest absolute Gasteiger partial charge is 0.462 e. The highest BCUT2D eigenvalue weighted by molar-refractivity contribution is 7.47. The van der Waals surface area contributed by atoms with Crippen LogP contribution in [-0.2, 0) is 65.4 Å². The van der Waals surface area contributed by atoms with E-state index in [0.717, 1.165) is 109 Å². The number of ether oxygens (including phenoxy) is 4. The molecule has 3 N–H and O–H groups in total. The molecule has 0 fully saturated rings. The average molecular weight is 1520 g/mol. The molecule has 0 rings (SSSR count). The first kappa shape index (κ1) is 102. The first-order valence-electron chi connectivity index (χ1n) is 43.6. The maximum atomic E-state index is 13.1. The Morgan fingerprint density at radius 2 is 0.471 bits per heavy atom. The number of allylic oxidation sites excluding steroid dienone is 4. The first-order chi connectivity index (χ1) is 50.7. The van der Waals surface area contributed by atoms with Crippen molar-refractivity contribution < 1.29 is 80.2 Å². The number of carbonyl (C=O) groups excluding carboxylic acids is 4. The summed E-state index contributed by atoms with van der Waals surface area (Å²) in [4.78, 5) is 73.2. The standard InChI is InChI=1S/C85H162O17P2/c1-5-9-13-17-21-25-29-33-37-39-43-46-50-54-58-62-66-70-83(88)96-76-81(102-85(90)72-68-64-60-56-52-48-44-40-38-34-30-26-22-18-14-10-6-2)78-100-104(93,94)98-74-79(86)73-97-103(91,92)99-77-80(101-84(89)71-67-63-59-55-51-47-42-36-32-28-24-20-16-12-8-4)75-95-82(87)69-65-61-57-53-49-45-41-35-31-27-23-19-15-11-7-3/h24,28,36,42,79-81,86H,5-23,25-27,29-35,37-41,43-78H2,1-4H3,(H,91,92)(H,93,94)/b28-24-,42-36-/t79-,80+,81+/m0/s1. The number of carbonyl (C=O) groups is 4. The van der Waals surface area contributed by atoms with E-state index in [1.165, 1.54) is 250 Å². The Balaban J connectivity index is 5.30. The molecule has 614 valence electrons. The van der Waals surface area contributed by atoms with Crippen molar-refractivity contribution in [1.29, 1.82) is 0 Å². The Bertz CT molecular complexity index is 2060. The van der Waals surface area contributed by atoms with E-state index in [4.69, 9.17) is 37.0 Å². The quantitative estimate of drug-likeness (QED) is 0.0169. The summed E-state index contributed by atoms with van der Waals surface area (Å²) < 4.78 is 68.9. The maximum absolute atomic E-state index is 13.1. The van der Waals surface area contributed by atoms with Crippen molar-refractivity contribution in [2.75, 3.05) is 39.6 Å². The van der Waals surface area contributed by atoms with Crippen LogP contribution in [0.25, 0.3) is 0 Å². The lowest BCUT2D eigenvalue weighted by molar-refractivity contribution is -0.161. The number of esters is 4.